The number of para-hydroxylation sites is 1. The third-order valence-electron chi connectivity index (χ3n) is 4.50. The van der Waals surface area contributed by atoms with Crippen LogP contribution in [0, 0.1) is 0 Å². The number of benzene rings is 2. The van der Waals surface area contributed by atoms with E-state index < -0.39 is 5.97 Å². The van der Waals surface area contributed by atoms with Crippen LogP contribution >= 0.6 is 11.3 Å². The summed E-state index contributed by atoms with van der Waals surface area (Å²) in [7, 11) is 1.62. The summed E-state index contributed by atoms with van der Waals surface area (Å²) in [6.07, 6.45) is 1.82. The number of carbonyl (C=O) groups is 2. The lowest BCUT2D eigenvalue weighted by Crippen LogP contribution is -2.17. The highest BCUT2D eigenvalue weighted by molar-refractivity contribution is 7.15. The molecule has 152 valence electrons. The molecule has 0 fully saturated rings. The third-order valence-corrected chi connectivity index (χ3v) is 5.34. The van der Waals surface area contributed by atoms with Crippen LogP contribution < -0.4 is 10.1 Å². The van der Waals surface area contributed by atoms with E-state index >= 15 is 0 Å². The van der Waals surface area contributed by atoms with Gasteiger partial charge in [0, 0.05) is 17.1 Å². The van der Waals surface area contributed by atoms with Crippen LogP contribution in [-0.2, 0) is 4.74 Å². The molecule has 0 atom stereocenters. The molecular formula is C22H19N3O4S. The second kappa shape index (κ2) is 8.38. The Morgan fingerprint density at radius 1 is 1.13 bits per heavy atom. The van der Waals surface area contributed by atoms with Gasteiger partial charge in [-0.15, -0.1) is 11.3 Å². The minimum atomic E-state index is -0.478. The summed E-state index contributed by atoms with van der Waals surface area (Å²) in [5, 5.41) is 4.55. The number of amides is 1. The average molecular weight is 421 g/mol. The summed E-state index contributed by atoms with van der Waals surface area (Å²) in [6.45, 7) is 2.00. The molecule has 2 heterocycles. The lowest BCUT2D eigenvalue weighted by molar-refractivity contribution is 0.0527. The van der Waals surface area contributed by atoms with Crippen molar-refractivity contribution >= 4 is 33.9 Å². The Kier molecular flexibility index (Phi) is 5.49. The first-order valence-electron chi connectivity index (χ1n) is 9.29. The van der Waals surface area contributed by atoms with Crippen molar-refractivity contribution < 1.29 is 19.1 Å². The van der Waals surface area contributed by atoms with Gasteiger partial charge >= 0.3 is 5.97 Å². The molecule has 4 rings (SSSR count). The van der Waals surface area contributed by atoms with E-state index in [1.165, 1.54) is 11.3 Å². The van der Waals surface area contributed by atoms with Crippen LogP contribution in [0.4, 0.5) is 5.69 Å². The minimum Gasteiger partial charge on any atom is -0.497 e. The lowest BCUT2D eigenvalue weighted by atomic mass is 10.1. The zero-order valence-electron chi connectivity index (χ0n) is 16.4. The van der Waals surface area contributed by atoms with Crippen molar-refractivity contribution in [2.24, 2.45) is 0 Å². The molecule has 0 bridgehead atoms. The number of nitrogens with zero attached hydrogens (tertiary/aromatic N) is 2. The van der Waals surface area contributed by atoms with Crippen molar-refractivity contribution in [1.82, 2.24) is 9.38 Å². The van der Waals surface area contributed by atoms with Gasteiger partial charge in [-0.3, -0.25) is 9.20 Å². The smallest absolute Gasteiger partial charge is 0.340 e. The molecule has 0 aliphatic carbocycles. The van der Waals surface area contributed by atoms with Crippen molar-refractivity contribution in [2.75, 3.05) is 19.0 Å². The van der Waals surface area contributed by atoms with Gasteiger partial charge in [0.1, 0.15) is 11.4 Å². The Bertz CT molecular complexity index is 1210. The lowest BCUT2D eigenvalue weighted by Gasteiger charge is -2.09. The number of esters is 1. The van der Waals surface area contributed by atoms with Gasteiger partial charge in [-0.25, -0.2) is 9.78 Å². The number of ether oxygens (including phenoxy) is 2. The van der Waals surface area contributed by atoms with Crippen LogP contribution in [0.3, 0.4) is 0 Å². The number of hydrogen-bond donors (Lipinski definition) is 1. The molecule has 0 saturated carbocycles. The fourth-order valence-electron chi connectivity index (χ4n) is 3.01. The Hall–Kier alpha value is -3.65. The highest BCUT2D eigenvalue weighted by atomic mass is 32.1. The fraction of sp³-hybridized carbons (Fsp3) is 0.136. The van der Waals surface area contributed by atoms with E-state index in [1.807, 2.05) is 30.5 Å². The molecule has 0 radical (unpaired) electrons. The number of carbonyl (C=O) groups excluding carboxylic acids is 2. The fourth-order valence-corrected chi connectivity index (χ4v) is 3.87. The second-order valence-corrected chi connectivity index (χ2v) is 7.18. The number of aromatic nitrogens is 2. The molecule has 1 N–H and O–H groups in total. The van der Waals surface area contributed by atoms with Crippen molar-refractivity contribution in [3.63, 3.8) is 0 Å². The van der Waals surface area contributed by atoms with Gasteiger partial charge in [-0.2, -0.15) is 0 Å². The highest BCUT2D eigenvalue weighted by Gasteiger charge is 2.18. The van der Waals surface area contributed by atoms with Crippen LogP contribution in [0.1, 0.15) is 27.8 Å². The van der Waals surface area contributed by atoms with E-state index in [1.54, 1.807) is 48.1 Å². The molecule has 0 unspecified atom stereocenters. The van der Waals surface area contributed by atoms with E-state index in [2.05, 4.69) is 10.3 Å². The van der Waals surface area contributed by atoms with Crippen LogP contribution in [-0.4, -0.2) is 35.0 Å². The minimum absolute atomic E-state index is 0.259. The molecule has 0 spiro atoms. The van der Waals surface area contributed by atoms with Crippen LogP contribution in [0.5, 0.6) is 5.75 Å². The van der Waals surface area contributed by atoms with Crippen molar-refractivity contribution in [1.29, 1.82) is 0 Å². The summed E-state index contributed by atoms with van der Waals surface area (Å²) in [5.41, 5.74) is 2.82. The topological polar surface area (TPSA) is 81.9 Å². The zero-order chi connectivity index (χ0) is 21.1. The van der Waals surface area contributed by atoms with Gasteiger partial charge in [0.2, 0.25) is 0 Å². The molecule has 2 aromatic heterocycles. The Morgan fingerprint density at radius 3 is 2.63 bits per heavy atom. The van der Waals surface area contributed by atoms with Crippen LogP contribution in [0.2, 0.25) is 0 Å². The molecule has 1 amide bonds. The highest BCUT2D eigenvalue weighted by Crippen LogP contribution is 2.26. The van der Waals surface area contributed by atoms with Gasteiger partial charge in [0.15, 0.2) is 4.96 Å². The SMILES string of the molecule is CCOC(=O)c1ccccc1NC(=O)c1csc2nc(-c3ccc(OC)cc3)cn12. The summed E-state index contributed by atoms with van der Waals surface area (Å²) >= 11 is 1.37. The molecule has 8 heteroatoms. The molecule has 4 aromatic rings. The largest absolute Gasteiger partial charge is 0.497 e. The number of thiazole rings is 1. The Morgan fingerprint density at radius 2 is 1.90 bits per heavy atom. The maximum atomic E-state index is 12.9. The maximum absolute atomic E-state index is 12.9. The summed E-state index contributed by atoms with van der Waals surface area (Å²) in [4.78, 5) is 30.4. The van der Waals surface area contributed by atoms with Gasteiger partial charge in [-0.05, 0) is 43.3 Å². The van der Waals surface area contributed by atoms with E-state index in [0.717, 1.165) is 17.0 Å². The summed E-state index contributed by atoms with van der Waals surface area (Å²) < 4.78 is 12.0. The van der Waals surface area contributed by atoms with Crippen molar-refractivity contribution in [3.05, 3.63) is 71.4 Å². The number of anilines is 1. The summed E-state index contributed by atoms with van der Waals surface area (Å²) in [6, 6.07) is 14.3. The van der Waals surface area contributed by atoms with Gasteiger partial charge < -0.3 is 14.8 Å². The molecule has 7 nitrogen and oxygen atoms in total. The molecule has 0 saturated heterocycles. The number of nitrogens with one attached hydrogen (secondary N) is 1. The van der Waals surface area contributed by atoms with Gasteiger partial charge in [0.25, 0.3) is 5.91 Å². The molecule has 30 heavy (non-hydrogen) atoms. The number of rotatable bonds is 6. The predicted octanol–water partition coefficient (Wildman–Crippen LogP) is 4.50. The first kappa shape index (κ1) is 19.7. The van der Waals surface area contributed by atoms with E-state index in [-0.39, 0.29) is 12.5 Å². The van der Waals surface area contributed by atoms with Crippen LogP contribution in [0.15, 0.2) is 60.1 Å². The zero-order valence-corrected chi connectivity index (χ0v) is 17.2. The van der Waals surface area contributed by atoms with E-state index in [9.17, 15) is 9.59 Å². The maximum Gasteiger partial charge on any atom is 0.340 e. The van der Waals surface area contributed by atoms with Gasteiger partial charge in [-0.1, -0.05) is 12.1 Å². The first-order valence-corrected chi connectivity index (χ1v) is 10.2. The molecule has 2 aromatic carbocycles. The second-order valence-electron chi connectivity index (χ2n) is 6.35. The standard InChI is InChI=1S/C22H19N3O4S/c1-3-29-21(27)16-6-4-5-7-17(16)23-20(26)19-13-30-22-24-18(12-25(19)22)14-8-10-15(28-2)11-9-14/h4-13H,3H2,1-2H3,(H,23,26). The molecule has 0 aliphatic heterocycles. The molecule has 0 aliphatic rings. The van der Waals surface area contributed by atoms with E-state index in [0.29, 0.717) is 21.9 Å². The first-order chi connectivity index (χ1) is 14.6. The molecular weight excluding hydrogens is 402 g/mol. The number of methoxy groups -OCH3 is 1. The predicted molar refractivity (Wildman–Crippen MR) is 115 cm³/mol. The average Bonchev–Trinajstić information content (AvgIpc) is 3.35. The van der Waals surface area contributed by atoms with Gasteiger partial charge in [0.05, 0.1) is 30.7 Å². The number of fused-ring (bicyclic) bond motifs is 1. The normalized spacial score (nSPS) is 10.7. The van der Waals surface area contributed by atoms with E-state index in [4.69, 9.17) is 9.47 Å². The quantitative estimate of drug-likeness (QED) is 0.464. The van der Waals surface area contributed by atoms with Crippen molar-refractivity contribution in [2.45, 2.75) is 6.92 Å². The monoisotopic (exact) mass is 421 g/mol. The number of hydrogen-bond acceptors (Lipinski definition) is 6. The van der Waals surface area contributed by atoms with Crippen LogP contribution in [0.25, 0.3) is 16.2 Å². The Balaban J connectivity index is 1.62. The third kappa shape index (κ3) is 3.77. The van der Waals surface area contributed by atoms with Crippen molar-refractivity contribution in [3.8, 4) is 17.0 Å². The summed E-state index contributed by atoms with van der Waals surface area (Å²) in [5.74, 6) is -0.0509. The number of imidazole rings is 1. The Labute approximate surface area is 176 Å².